The molecule has 1 amide bonds. The third-order valence-electron chi connectivity index (χ3n) is 3.30. The van der Waals surface area contributed by atoms with Crippen molar-refractivity contribution in [2.75, 3.05) is 26.7 Å². The zero-order valence-corrected chi connectivity index (χ0v) is 10.8. The molecule has 2 unspecified atom stereocenters. The smallest absolute Gasteiger partial charge is 0.239 e. The van der Waals surface area contributed by atoms with Crippen molar-refractivity contribution >= 4 is 5.91 Å². The predicted molar refractivity (Wildman–Crippen MR) is 66.4 cm³/mol. The summed E-state index contributed by atoms with van der Waals surface area (Å²) in [6, 6.07) is 0.463. The van der Waals surface area contributed by atoms with Gasteiger partial charge in [-0.2, -0.15) is 0 Å². The van der Waals surface area contributed by atoms with E-state index < -0.39 is 0 Å². The van der Waals surface area contributed by atoms with Crippen LogP contribution in [0, 0.1) is 0 Å². The summed E-state index contributed by atoms with van der Waals surface area (Å²) in [5.74, 6) is 0.179. The van der Waals surface area contributed by atoms with Crippen molar-refractivity contribution in [2.45, 2.75) is 45.2 Å². The quantitative estimate of drug-likeness (QED) is 0.722. The maximum absolute atomic E-state index is 11.8. The Balaban J connectivity index is 2.22. The zero-order chi connectivity index (χ0) is 12.0. The Labute approximate surface area is 98.8 Å². The minimum absolute atomic E-state index is 0.0753. The number of likely N-dealkylation sites (N-methyl/N-ethyl adjacent to an activating group) is 1. The second-order valence-electron chi connectivity index (χ2n) is 4.63. The van der Waals surface area contributed by atoms with Crippen LogP contribution >= 0.6 is 0 Å². The third kappa shape index (κ3) is 4.10. The number of carbonyl (C=O) groups excluding carboxylic acids is 1. The van der Waals surface area contributed by atoms with Crippen LogP contribution in [0.3, 0.4) is 0 Å². The van der Waals surface area contributed by atoms with E-state index in [9.17, 15) is 4.79 Å². The van der Waals surface area contributed by atoms with Crippen molar-refractivity contribution in [3.8, 4) is 0 Å². The summed E-state index contributed by atoms with van der Waals surface area (Å²) in [6.07, 6.45) is 3.80. The summed E-state index contributed by atoms with van der Waals surface area (Å²) in [7, 11) is 1.85. The molecule has 1 fully saturated rings. The summed E-state index contributed by atoms with van der Waals surface area (Å²) in [5, 5.41) is 6.78. The van der Waals surface area contributed by atoms with E-state index in [1.165, 1.54) is 19.3 Å². The molecule has 94 valence electrons. The molecule has 0 saturated carbocycles. The standard InChI is InChI=1S/C12H25N3O/c1-4-15(3)12(16)10(2)14-9-11-7-5-6-8-13-11/h10-11,13-14H,4-9H2,1-3H3. The lowest BCUT2D eigenvalue weighted by molar-refractivity contribution is -0.131. The van der Waals surface area contributed by atoms with Crippen LogP contribution in [-0.2, 0) is 4.79 Å². The Kier molecular flexibility index (Phi) is 5.77. The minimum atomic E-state index is -0.0753. The first-order valence-corrected chi connectivity index (χ1v) is 6.37. The van der Waals surface area contributed by atoms with Gasteiger partial charge in [0, 0.05) is 26.2 Å². The van der Waals surface area contributed by atoms with E-state index in [1.807, 2.05) is 20.9 Å². The first-order chi connectivity index (χ1) is 7.65. The minimum Gasteiger partial charge on any atom is -0.345 e. The van der Waals surface area contributed by atoms with Crippen LogP contribution < -0.4 is 10.6 Å². The Morgan fingerprint density at radius 3 is 2.88 bits per heavy atom. The van der Waals surface area contributed by atoms with Crippen LogP contribution in [0.5, 0.6) is 0 Å². The van der Waals surface area contributed by atoms with Gasteiger partial charge in [-0.3, -0.25) is 4.79 Å². The number of nitrogens with one attached hydrogen (secondary N) is 2. The van der Waals surface area contributed by atoms with E-state index in [0.29, 0.717) is 6.04 Å². The fourth-order valence-corrected chi connectivity index (χ4v) is 1.99. The lowest BCUT2D eigenvalue weighted by Gasteiger charge is -2.26. The topological polar surface area (TPSA) is 44.4 Å². The van der Waals surface area contributed by atoms with Gasteiger partial charge in [-0.15, -0.1) is 0 Å². The summed E-state index contributed by atoms with van der Waals surface area (Å²) in [4.78, 5) is 13.5. The maximum atomic E-state index is 11.8. The highest BCUT2D eigenvalue weighted by atomic mass is 16.2. The van der Waals surface area contributed by atoms with Gasteiger partial charge >= 0.3 is 0 Å². The SMILES string of the molecule is CCN(C)C(=O)C(C)NCC1CCCCN1. The highest BCUT2D eigenvalue weighted by Gasteiger charge is 2.18. The first-order valence-electron chi connectivity index (χ1n) is 6.37. The predicted octanol–water partition coefficient (Wildman–Crippen LogP) is 0.585. The highest BCUT2D eigenvalue weighted by molar-refractivity contribution is 5.81. The average molecular weight is 227 g/mol. The van der Waals surface area contributed by atoms with Crippen molar-refractivity contribution in [1.82, 2.24) is 15.5 Å². The second-order valence-corrected chi connectivity index (χ2v) is 4.63. The number of piperidine rings is 1. The van der Waals surface area contributed by atoms with E-state index in [4.69, 9.17) is 0 Å². The summed E-state index contributed by atoms with van der Waals surface area (Å²) < 4.78 is 0. The van der Waals surface area contributed by atoms with Gasteiger partial charge in [-0.05, 0) is 33.2 Å². The van der Waals surface area contributed by atoms with E-state index in [0.717, 1.165) is 19.6 Å². The number of carbonyl (C=O) groups is 1. The Hall–Kier alpha value is -0.610. The van der Waals surface area contributed by atoms with E-state index in [-0.39, 0.29) is 11.9 Å². The van der Waals surface area contributed by atoms with Crippen molar-refractivity contribution in [2.24, 2.45) is 0 Å². The molecular weight excluding hydrogens is 202 g/mol. The Morgan fingerprint density at radius 1 is 1.56 bits per heavy atom. The molecule has 0 aromatic rings. The molecule has 1 aliphatic heterocycles. The first kappa shape index (κ1) is 13.5. The van der Waals surface area contributed by atoms with Crippen LogP contribution in [0.25, 0.3) is 0 Å². The molecule has 0 aliphatic carbocycles. The van der Waals surface area contributed by atoms with Crippen molar-refractivity contribution < 1.29 is 4.79 Å². The summed E-state index contributed by atoms with van der Waals surface area (Å²) >= 11 is 0. The van der Waals surface area contributed by atoms with Crippen LogP contribution in [0.15, 0.2) is 0 Å². The molecule has 0 radical (unpaired) electrons. The van der Waals surface area contributed by atoms with Crippen LogP contribution in [0.1, 0.15) is 33.1 Å². The molecule has 4 nitrogen and oxygen atoms in total. The lowest BCUT2D eigenvalue weighted by atomic mass is 10.0. The molecule has 2 N–H and O–H groups in total. The molecule has 4 heteroatoms. The van der Waals surface area contributed by atoms with E-state index in [2.05, 4.69) is 10.6 Å². The highest BCUT2D eigenvalue weighted by Crippen LogP contribution is 2.06. The van der Waals surface area contributed by atoms with Crippen LogP contribution in [0.4, 0.5) is 0 Å². The number of hydrogen-bond donors (Lipinski definition) is 2. The van der Waals surface area contributed by atoms with Gasteiger partial charge in [0.05, 0.1) is 6.04 Å². The molecule has 1 rings (SSSR count). The average Bonchev–Trinajstić information content (AvgIpc) is 2.35. The molecule has 0 spiro atoms. The lowest BCUT2D eigenvalue weighted by Crippen LogP contribution is -2.49. The molecule has 1 saturated heterocycles. The number of hydrogen-bond acceptors (Lipinski definition) is 3. The second kappa shape index (κ2) is 6.86. The van der Waals surface area contributed by atoms with Crippen LogP contribution in [-0.4, -0.2) is 49.6 Å². The van der Waals surface area contributed by atoms with Gasteiger partial charge < -0.3 is 15.5 Å². The molecule has 0 aromatic heterocycles. The monoisotopic (exact) mass is 227 g/mol. The summed E-state index contributed by atoms with van der Waals surface area (Å²) in [5.41, 5.74) is 0. The molecule has 0 bridgehead atoms. The third-order valence-corrected chi connectivity index (χ3v) is 3.30. The molecular formula is C12H25N3O. The Morgan fingerprint density at radius 2 is 2.31 bits per heavy atom. The van der Waals surface area contributed by atoms with Gasteiger partial charge in [-0.25, -0.2) is 0 Å². The van der Waals surface area contributed by atoms with E-state index >= 15 is 0 Å². The fraction of sp³-hybridized carbons (Fsp3) is 0.917. The number of amides is 1. The van der Waals surface area contributed by atoms with Gasteiger partial charge in [0.15, 0.2) is 0 Å². The summed E-state index contributed by atoms with van der Waals surface area (Å²) in [6.45, 7) is 6.71. The fourth-order valence-electron chi connectivity index (χ4n) is 1.99. The molecule has 2 atom stereocenters. The van der Waals surface area contributed by atoms with Crippen molar-refractivity contribution in [3.05, 3.63) is 0 Å². The zero-order valence-electron chi connectivity index (χ0n) is 10.8. The van der Waals surface area contributed by atoms with Gasteiger partial charge in [-0.1, -0.05) is 6.42 Å². The number of rotatable bonds is 5. The van der Waals surface area contributed by atoms with Crippen molar-refractivity contribution in [3.63, 3.8) is 0 Å². The Bertz CT molecular complexity index is 214. The van der Waals surface area contributed by atoms with Crippen molar-refractivity contribution in [1.29, 1.82) is 0 Å². The largest absolute Gasteiger partial charge is 0.345 e. The normalized spacial score (nSPS) is 22.8. The maximum Gasteiger partial charge on any atom is 0.239 e. The molecule has 0 aromatic carbocycles. The van der Waals surface area contributed by atoms with Gasteiger partial charge in [0.2, 0.25) is 5.91 Å². The van der Waals surface area contributed by atoms with Gasteiger partial charge in [0.1, 0.15) is 0 Å². The van der Waals surface area contributed by atoms with Crippen LogP contribution in [0.2, 0.25) is 0 Å². The molecule has 1 heterocycles. The van der Waals surface area contributed by atoms with E-state index in [1.54, 1.807) is 4.90 Å². The molecule has 16 heavy (non-hydrogen) atoms. The number of nitrogens with zero attached hydrogens (tertiary/aromatic N) is 1. The molecule has 1 aliphatic rings. The van der Waals surface area contributed by atoms with Gasteiger partial charge in [0.25, 0.3) is 0 Å².